The van der Waals surface area contributed by atoms with Gasteiger partial charge in [-0.1, -0.05) is 0 Å². The lowest BCUT2D eigenvalue weighted by Crippen LogP contribution is -2.45. The molecule has 0 atom stereocenters. The van der Waals surface area contributed by atoms with Crippen LogP contribution in [0.1, 0.15) is 33.3 Å². The Bertz CT molecular complexity index is 712. The Morgan fingerprint density at radius 1 is 1.15 bits per heavy atom. The molecule has 3 N–H and O–H groups in total. The standard InChI is InChI=1S/C20H32FN5/c1-14(2)26(15(3)4)11-10-24-20(22-5)23-9-8-16-13-25-19-7-6-17(21)12-18(16)19/h6-7,12-15,25H,8-11H2,1-5H3,(H2,22,23,24). The Labute approximate surface area is 156 Å². The molecule has 2 aromatic rings. The highest BCUT2D eigenvalue weighted by molar-refractivity contribution is 5.83. The van der Waals surface area contributed by atoms with E-state index in [0.717, 1.165) is 48.5 Å². The molecule has 0 spiro atoms. The molecule has 0 bridgehead atoms. The van der Waals surface area contributed by atoms with Crippen molar-refractivity contribution in [1.29, 1.82) is 0 Å². The zero-order valence-corrected chi connectivity index (χ0v) is 16.6. The van der Waals surface area contributed by atoms with Gasteiger partial charge in [0.15, 0.2) is 5.96 Å². The minimum atomic E-state index is -0.205. The van der Waals surface area contributed by atoms with E-state index in [4.69, 9.17) is 0 Å². The molecule has 0 unspecified atom stereocenters. The van der Waals surface area contributed by atoms with Gasteiger partial charge in [-0.3, -0.25) is 9.89 Å². The molecule has 5 nitrogen and oxygen atoms in total. The molecule has 0 aliphatic carbocycles. The lowest BCUT2D eigenvalue weighted by molar-refractivity contribution is 0.178. The monoisotopic (exact) mass is 361 g/mol. The summed E-state index contributed by atoms with van der Waals surface area (Å²) in [7, 11) is 1.78. The normalized spacial score (nSPS) is 12.6. The number of fused-ring (bicyclic) bond motifs is 1. The lowest BCUT2D eigenvalue weighted by Gasteiger charge is -2.30. The van der Waals surface area contributed by atoms with Crippen LogP contribution in [0.2, 0.25) is 0 Å². The van der Waals surface area contributed by atoms with E-state index < -0.39 is 0 Å². The number of aromatic amines is 1. The zero-order chi connectivity index (χ0) is 19.1. The Hall–Kier alpha value is -2.08. The minimum Gasteiger partial charge on any atom is -0.361 e. The second-order valence-electron chi connectivity index (χ2n) is 7.10. The number of benzene rings is 1. The molecule has 0 saturated heterocycles. The first-order chi connectivity index (χ1) is 12.4. The summed E-state index contributed by atoms with van der Waals surface area (Å²) in [4.78, 5) is 9.91. The van der Waals surface area contributed by atoms with E-state index in [1.54, 1.807) is 19.2 Å². The number of guanidine groups is 1. The van der Waals surface area contributed by atoms with E-state index >= 15 is 0 Å². The van der Waals surface area contributed by atoms with E-state index in [1.807, 2.05) is 6.20 Å². The van der Waals surface area contributed by atoms with Crippen LogP contribution in [-0.4, -0.2) is 54.6 Å². The van der Waals surface area contributed by atoms with Crippen molar-refractivity contribution in [3.05, 3.63) is 35.8 Å². The highest BCUT2D eigenvalue weighted by atomic mass is 19.1. The number of nitrogens with zero attached hydrogens (tertiary/aromatic N) is 2. The number of halogens is 1. The van der Waals surface area contributed by atoms with Crippen LogP contribution in [0, 0.1) is 5.82 Å². The topological polar surface area (TPSA) is 55.5 Å². The van der Waals surface area contributed by atoms with Gasteiger partial charge in [-0.05, 0) is 57.9 Å². The number of aromatic nitrogens is 1. The first-order valence-corrected chi connectivity index (χ1v) is 9.38. The lowest BCUT2D eigenvalue weighted by atomic mass is 10.1. The largest absolute Gasteiger partial charge is 0.361 e. The molecule has 0 fully saturated rings. The van der Waals surface area contributed by atoms with Crippen LogP contribution < -0.4 is 10.6 Å². The van der Waals surface area contributed by atoms with Crippen LogP contribution in [0.4, 0.5) is 4.39 Å². The molecule has 1 heterocycles. The van der Waals surface area contributed by atoms with Gasteiger partial charge in [0.1, 0.15) is 5.82 Å². The Morgan fingerprint density at radius 2 is 1.85 bits per heavy atom. The third-order valence-corrected chi connectivity index (χ3v) is 4.63. The molecule has 26 heavy (non-hydrogen) atoms. The fourth-order valence-corrected chi connectivity index (χ4v) is 3.31. The number of nitrogens with one attached hydrogen (secondary N) is 3. The number of aliphatic imine (C=N–C) groups is 1. The Morgan fingerprint density at radius 3 is 2.50 bits per heavy atom. The van der Waals surface area contributed by atoms with Crippen molar-refractivity contribution < 1.29 is 4.39 Å². The van der Waals surface area contributed by atoms with E-state index in [9.17, 15) is 4.39 Å². The first-order valence-electron chi connectivity index (χ1n) is 9.38. The predicted molar refractivity (Wildman–Crippen MR) is 108 cm³/mol. The van der Waals surface area contributed by atoms with Crippen LogP contribution >= 0.6 is 0 Å². The van der Waals surface area contributed by atoms with Gasteiger partial charge in [0.25, 0.3) is 0 Å². The van der Waals surface area contributed by atoms with Crippen LogP contribution in [0.5, 0.6) is 0 Å². The van der Waals surface area contributed by atoms with Crippen molar-refractivity contribution in [2.75, 3.05) is 26.7 Å². The summed E-state index contributed by atoms with van der Waals surface area (Å²) in [6, 6.07) is 5.88. The van der Waals surface area contributed by atoms with E-state index in [-0.39, 0.29) is 5.82 Å². The van der Waals surface area contributed by atoms with Gasteiger partial charge in [0.2, 0.25) is 0 Å². The van der Waals surface area contributed by atoms with Crippen molar-refractivity contribution in [2.45, 2.75) is 46.2 Å². The summed E-state index contributed by atoms with van der Waals surface area (Å²) in [6.45, 7) is 11.4. The molecule has 0 aliphatic heterocycles. The summed E-state index contributed by atoms with van der Waals surface area (Å²) in [5.74, 6) is 0.590. The third kappa shape index (κ3) is 5.46. The summed E-state index contributed by atoms with van der Waals surface area (Å²) < 4.78 is 13.5. The van der Waals surface area contributed by atoms with Gasteiger partial charge >= 0.3 is 0 Å². The number of rotatable bonds is 8. The zero-order valence-electron chi connectivity index (χ0n) is 16.6. The average Bonchev–Trinajstić information content (AvgIpc) is 2.98. The molecule has 2 rings (SSSR count). The van der Waals surface area contributed by atoms with Gasteiger partial charge in [0.05, 0.1) is 0 Å². The van der Waals surface area contributed by atoms with E-state index in [2.05, 4.69) is 53.2 Å². The van der Waals surface area contributed by atoms with Gasteiger partial charge in [-0.2, -0.15) is 0 Å². The Kier molecular flexibility index (Phi) is 7.45. The maximum atomic E-state index is 13.5. The molecule has 0 radical (unpaired) electrons. The molecule has 0 aliphatic rings. The number of hydrogen-bond donors (Lipinski definition) is 3. The molecule has 0 amide bonds. The molecule has 1 aromatic carbocycles. The van der Waals surface area contributed by atoms with Crippen molar-refractivity contribution >= 4 is 16.9 Å². The van der Waals surface area contributed by atoms with Crippen molar-refractivity contribution in [3.8, 4) is 0 Å². The van der Waals surface area contributed by atoms with Gasteiger partial charge in [-0.25, -0.2) is 4.39 Å². The SMILES string of the molecule is CN=C(NCCc1c[nH]c2ccc(F)cc12)NCCN(C(C)C)C(C)C. The molecular weight excluding hydrogens is 329 g/mol. The Balaban J connectivity index is 1.80. The second kappa shape index (κ2) is 9.57. The summed E-state index contributed by atoms with van der Waals surface area (Å²) in [5.41, 5.74) is 2.07. The number of H-pyrrole nitrogens is 1. The van der Waals surface area contributed by atoms with Crippen LogP contribution in [0.25, 0.3) is 10.9 Å². The van der Waals surface area contributed by atoms with Crippen molar-refractivity contribution in [1.82, 2.24) is 20.5 Å². The highest BCUT2D eigenvalue weighted by Crippen LogP contribution is 2.19. The molecular formula is C20H32FN5. The fourth-order valence-electron chi connectivity index (χ4n) is 3.31. The van der Waals surface area contributed by atoms with Gasteiger partial charge in [0, 0.05) is 55.9 Å². The fraction of sp³-hybridized carbons (Fsp3) is 0.550. The van der Waals surface area contributed by atoms with E-state index in [1.165, 1.54) is 6.07 Å². The predicted octanol–water partition coefficient (Wildman–Crippen LogP) is 3.13. The molecule has 6 heteroatoms. The third-order valence-electron chi connectivity index (χ3n) is 4.63. The summed E-state index contributed by atoms with van der Waals surface area (Å²) in [6.07, 6.45) is 2.75. The van der Waals surface area contributed by atoms with E-state index in [0.29, 0.717) is 12.1 Å². The average molecular weight is 362 g/mol. The molecule has 0 saturated carbocycles. The minimum absolute atomic E-state index is 0.205. The molecule has 144 valence electrons. The smallest absolute Gasteiger partial charge is 0.191 e. The van der Waals surface area contributed by atoms with Gasteiger partial charge in [-0.15, -0.1) is 0 Å². The maximum Gasteiger partial charge on any atom is 0.191 e. The maximum absolute atomic E-state index is 13.5. The van der Waals surface area contributed by atoms with Crippen LogP contribution in [0.15, 0.2) is 29.4 Å². The van der Waals surface area contributed by atoms with Crippen molar-refractivity contribution in [2.24, 2.45) is 4.99 Å². The first kappa shape index (κ1) is 20.2. The van der Waals surface area contributed by atoms with Crippen LogP contribution in [0.3, 0.4) is 0 Å². The highest BCUT2D eigenvalue weighted by Gasteiger charge is 2.12. The quantitative estimate of drug-likeness (QED) is 0.500. The number of hydrogen-bond acceptors (Lipinski definition) is 2. The van der Waals surface area contributed by atoms with Gasteiger partial charge < -0.3 is 15.6 Å². The second-order valence-corrected chi connectivity index (χ2v) is 7.10. The summed E-state index contributed by atoms with van der Waals surface area (Å²) >= 11 is 0. The summed E-state index contributed by atoms with van der Waals surface area (Å²) in [5, 5.41) is 7.64. The van der Waals surface area contributed by atoms with Crippen molar-refractivity contribution in [3.63, 3.8) is 0 Å². The van der Waals surface area contributed by atoms with Crippen LogP contribution in [-0.2, 0) is 6.42 Å². The molecule has 1 aromatic heterocycles.